The number of hydrogen-bond acceptors (Lipinski definition) is 2. The Bertz CT molecular complexity index is 765. The van der Waals surface area contributed by atoms with Gasteiger partial charge in [0.05, 0.1) is 28.5 Å². The van der Waals surface area contributed by atoms with Crippen LogP contribution in [0.3, 0.4) is 0 Å². The minimum absolute atomic E-state index is 0.352. The van der Waals surface area contributed by atoms with E-state index in [0.29, 0.717) is 17.4 Å². The average molecular weight is 306 g/mol. The molecule has 5 heteroatoms. The van der Waals surface area contributed by atoms with Crippen molar-refractivity contribution in [3.8, 4) is 0 Å². The number of pyridine rings is 1. The van der Waals surface area contributed by atoms with E-state index < -0.39 is 0 Å². The van der Waals surface area contributed by atoms with Crippen molar-refractivity contribution in [2.24, 2.45) is 0 Å². The Hall–Kier alpha value is -1.58. The van der Waals surface area contributed by atoms with Gasteiger partial charge in [0.1, 0.15) is 5.82 Å². The molecule has 102 valence electrons. The highest BCUT2D eigenvalue weighted by atomic mass is 35.5. The van der Waals surface area contributed by atoms with E-state index in [-0.39, 0.29) is 0 Å². The molecule has 3 nitrogen and oxygen atoms in total. The molecule has 0 spiro atoms. The van der Waals surface area contributed by atoms with Crippen LogP contribution in [0.4, 0.5) is 0 Å². The topological polar surface area (TPSA) is 30.7 Å². The third kappa shape index (κ3) is 2.28. The third-order valence-corrected chi connectivity index (χ3v) is 3.94. The first-order valence-electron chi connectivity index (χ1n) is 6.30. The lowest BCUT2D eigenvalue weighted by Gasteiger charge is -2.10. The van der Waals surface area contributed by atoms with Gasteiger partial charge in [0, 0.05) is 12.4 Å². The largest absolute Gasteiger partial charge is 0.321 e. The third-order valence-electron chi connectivity index (χ3n) is 3.39. The van der Waals surface area contributed by atoms with Crippen molar-refractivity contribution in [2.75, 3.05) is 0 Å². The van der Waals surface area contributed by atoms with Crippen molar-refractivity contribution >= 4 is 34.2 Å². The van der Waals surface area contributed by atoms with Gasteiger partial charge in [-0.3, -0.25) is 4.98 Å². The van der Waals surface area contributed by atoms with Crippen molar-refractivity contribution in [1.29, 1.82) is 0 Å². The fourth-order valence-corrected chi connectivity index (χ4v) is 2.77. The first kappa shape index (κ1) is 13.4. The van der Waals surface area contributed by atoms with Gasteiger partial charge >= 0.3 is 0 Å². The Morgan fingerprint density at radius 3 is 2.85 bits per heavy atom. The van der Waals surface area contributed by atoms with E-state index in [1.165, 1.54) is 5.56 Å². The smallest absolute Gasteiger partial charge is 0.125 e. The zero-order valence-electron chi connectivity index (χ0n) is 11.0. The molecule has 0 atom stereocenters. The van der Waals surface area contributed by atoms with Crippen LogP contribution in [0.2, 0.25) is 5.02 Å². The minimum Gasteiger partial charge on any atom is -0.321 e. The van der Waals surface area contributed by atoms with Crippen molar-refractivity contribution in [2.45, 2.75) is 19.3 Å². The van der Waals surface area contributed by atoms with Crippen LogP contribution in [-0.2, 0) is 12.4 Å². The number of halogens is 2. The van der Waals surface area contributed by atoms with E-state index in [4.69, 9.17) is 23.2 Å². The van der Waals surface area contributed by atoms with E-state index >= 15 is 0 Å². The summed E-state index contributed by atoms with van der Waals surface area (Å²) in [6.07, 6.45) is 3.66. The molecular weight excluding hydrogens is 293 g/mol. The predicted molar refractivity (Wildman–Crippen MR) is 82.4 cm³/mol. The Kier molecular flexibility index (Phi) is 3.64. The van der Waals surface area contributed by atoms with Crippen LogP contribution in [0.1, 0.15) is 17.0 Å². The summed E-state index contributed by atoms with van der Waals surface area (Å²) in [4.78, 5) is 8.73. The summed E-state index contributed by atoms with van der Waals surface area (Å²) in [5.74, 6) is 1.17. The number of rotatable bonds is 3. The Labute approximate surface area is 127 Å². The number of hydrogen-bond donors (Lipinski definition) is 0. The monoisotopic (exact) mass is 305 g/mol. The molecule has 0 unspecified atom stereocenters. The summed E-state index contributed by atoms with van der Waals surface area (Å²) < 4.78 is 2.06. The molecule has 0 radical (unpaired) electrons. The summed E-state index contributed by atoms with van der Waals surface area (Å²) in [7, 11) is 0. The quantitative estimate of drug-likeness (QED) is 0.680. The minimum atomic E-state index is 0.352. The highest BCUT2D eigenvalue weighted by molar-refractivity contribution is 6.35. The van der Waals surface area contributed by atoms with E-state index in [1.54, 1.807) is 6.20 Å². The lowest BCUT2D eigenvalue weighted by atomic mass is 10.1. The molecule has 20 heavy (non-hydrogen) atoms. The highest BCUT2D eigenvalue weighted by Gasteiger charge is 2.13. The fourth-order valence-electron chi connectivity index (χ4n) is 2.29. The van der Waals surface area contributed by atoms with E-state index in [1.807, 2.05) is 30.5 Å². The van der Waals surface area contributed by atoms with Gasteiger partial charge in [0.2, 0.25) is 0 Å². The number of fused-ring (bicyclic) bond motifs is 1. The molecular formula is C15H13Cl2N3. The van der Waals surface area contributed by atoms with E-state index in [0.717, 1.165) is 22.4 Å². The average Bonchev–Trinajstić information content (AvgIpc) is 2.81. The summed E-state index contributed by atoms with van der Waals surface area (Å²) >= 11 is 12.3. The maximum absolute atomic E-state index is 6.32. The van der Waals surface area contributed by atoms with Crippen LogP contribution >= 0.6 is 23.2 Å². The van der Waals surface area contributed by atoms with Crippen LogP contribution in [0.5, 0.6) is 0 Å². The molecule has 0 bridgehead atoms. The van der Waals surface area contributed by atoms with Crippen LogP contribution in [0.15, 0.2) is 36.7 Å². The summed E-state index contributed by atoms with van der Waals surface area (Å²) in [6.45, 7) is 2.74. The van der Waals surface area contributed by atoms with Crippen molar-refractivity contribution in [1.82, 2.24) is 14.5 Å². The molecule has 3 aromatic rings. The van der Waals surface area contributed by atoms with Gasteiger partial charge in [-0.15, -0.1) is 11.6 Å². The van der Waals surface area contributed by atoms with Gasteiger partial charge in [-0.2, -0.15) is 0 Å². The van der Waals surface area contributed by atoms with Crippen LogP contribution < -0.4 is 0 Å². The number of alkyl halides is 1. The lowest BCUT2D eigenvalue weighted by Crippen LogP contribution is -2.05. The van der Waals surface area contributed by atoms with Crippen molar-refractivity contribution in [3.63, 3.8) is 0 Å². The van der Waals surface area contributed by atoms with Gasteiger partial charge in [-0.05, 0) is 36.2 Å². The normalized spacial score (nSPS) is 11.2. The summed E-state index contributed by atoms with van der Waals surface area (Å²) in [5, 5.41) is 0.688. The second kappa shape index (κ2) is 5.43. The molecule has 0 saturated carbocycles. The van der Waals surface area contributed by atoms with Gasteiger partial charge in [0.25, 0.3) is 0 Å². The van der Waals surface area contributed by atoms with Gasteiger partial charge in [-0.1, -0.05) is 17.7 Å². The summed E-state index contributed by atoms with van der Waals surface area (Å²) in [6, 6.07) is 7.71. The number of imidazole rings is 1. The maximum atomic E-state index is 6.32. The Morgan fingerprint density at radius 1 is 1.25 bits per heavy atom. The van der Waals surface area contributed by atoms with Gasteiger partial charge in [0.15, 0.2) is 0 Å². The van der Waals surface area contributed by atoms with Crippen LogP contribution in [-0.4, -0.2) is 14.5 Å². The van der Waals surface area contributed by atoms with Gasteiger partial charge < -0.3 is 4.57 Å². The van der Waals surface area contributed by atoms with Crippen LogP contribution in [0.25, 0.3) is 11.0 Å². The molecule has 0 fully saturated rings. The second-order valence-electron chi connectivity index (χ2n) is 4.66. The number of aromatic nitrogens is 3. The number of aryl methyl sites for hydroxylation is 1. The first-order valence-corrected chi connectivity index (χ1v) is 7.21. The number of para-hydroxylation sites is 1. The molecule has 0 aliphatic rings. The lowest BCUT2D eigenvalue weighted by molar-refractivity contribution is 0.771. The first-order chi connectivity index (χ1) is 9.70. The SMILES string of the molecule is Cc1ccncc1Cn1c(CCl)nc2cccc(Cl)c21. The molecule has 0 aliphatic heterocycles. The molecule has 0 N–H and O–H groups in total. The van der Waals surface area contributed by atoms with Crippen LogP contribution in [0, 0.1) is 6.92 Å². The van der Waals surface area contributed by atoms with E-state index in [2.05, 4.69) is 21.5 Å². The standard InChI is InChI=1S/C15H13Cl2N3/c1-10-5-6-18-8-11(10)9-20-14(7-16)19-13-4-2-3-12(17)15(13)20/h2-6,8H,7,9H2,1H3. The van der Waals surface area contributed by atoms with Crippen molar-refractivity contribution in [3.05, 3.63) is 58.6 Å². The molecule has 0 amide bonds. The molecule has 3 rings (SSSR count). The zero-order valence-corrected chi connectivity index (χ0v) is 12.5. The zero-order chi connectivity index (χ0) is 14.1. The maximum Gasteiger partial charge on any atom is 0.125 e. The Morgan fingerprint density at radius 2 is 2.10 bits per heavy atom. The number of nitrogens with zero attached hydrogens (tertiary/aromatic N) is 3. The summed E-state index contributed by atoms with van der Waals surface area (Å²) in [5.41, 5.74) is 4.12. The molecule has 2 aromatic heterocycles. The fraction of sp³-hybridized carbons (Fsp3) is 0.200. The van der Waals surface area contributed by atoms with E-state index in [9.17, 15) is 0 Å². The number of benzene rings is 1. The highest BCUT2D eigenvalue weighted by Crippen LogP contribution is 2.26. The van der Waals surface area contributed by atoms with Gasteiger partial charge in [-0.25, -0.2) is 4.98 Å². The molecule has 0 saturated heterocycles. The Balaban J connectivity index is 2.17. The molecule has 1 aromatic carbocycles. The second-order valence-corrected chi connectivity index (χ2v) is 5.33. The molecule has 0 aliphatic carbocycles. The molecule has 2 heterocycles. The predicted octanol–water partition coefficient (Wildman–Crippen LogP) is 4.18. The van der Waals surface area contributed by atoms with Crippen molar-refractivity contribution < 1.29 is 0 Å².